The van der Waals surface area contributed by atoms with Gasteiger partial charge in [0.05, 0.1) is 23.0 Å². The first kappa shape index (κ1) is 26.9. The molecule has 3 rings (SSSR count). The van der Waals surface area contributed by atoms with E-state index in [2.05, 4.69) is 6.92 Å². The summed E-state index contributed by atoms with van der Waals surface area (Å²) in [4.78, 5) is 0.188. The molecule has 1 fully saturated rings. The summed E-state index contributed by atoms with van der Waals surface area (Å²) in [6.07, 6.45) is 6.28. The fourth-order valence-electron chi connectivity index (χ4n) is 4.58. The Balaban J connectivity index is 1.71. The van der Waals surface area contributed by atoms with Crippen molar-refractivity contribution in [3.05, 3.63) is 59.7 Å². The van der Waals surface area contributed by atoms with Gasteiger partial charge in [0.2, 0.25) is 0 Å². The summed E-state index contributed by atoms with van der Waals surface area (Å²) in [6.45, 7) is 5.73. The predicted octanol–water partition coefficient (Wildman–Crippen LogP) is 5.64. The third kappa shape index (κ3) is 7.38. The van der Waals surface area contributed by atoms with Crippen molar-refractivity contribution < 1.29 is 25.2 Å². The SMILES string of the molecule is CCCC1CCC(C(COS(=O)(=O)c2ccc(C)cc2)COS(=O)(=O)c2ccc(C)cc2)CC1. The molecule has 1 saturated carbocycles. The zero-order valence-corrected chi connectivity index (χ0v) is 21.9. The molecule has 1 aliphatic carbocycles. The smallest absolute Gasteiger partial charge is 0.266 e. The zero-order chi connectivity index (χ0) is 24.8. The van der Waals surface area contributed by atoms with Crippen LogP contribution in [0.25, 0.3) is 0 Å². The quantitative estimate of drug-likeness (QED) is 0.365. The van der Waals surface area contributed by atoms with E-state index in [-0.39, 0.29) is 34.8 Å². The lowest BCUT2D eigenvalue weighted by atomic mass is 9.75. The Morgan fingerprint density at radius 2 is 1.15 bits per heavy atom. The molecular formula is C26H36O6S2. The second-order valence-electron chi connectivity index (χ2n) is 9.43. The van der Waals surface area contributed by atoms with Crippen LogP contribution < -0.4 is 0 Å². The average molecular weight is 509 g/mol. The summed E-state index contributed by atoms with van der Waals surface area (Å²) in [5.74, 6) is 0.480. The molecule has 0 aromatic heterocycles. The van der Waals surface area contributed by atoms with Crippen molar-refractivity contribution in [1.82, 2.24) is 0 Å². The van der Waals surface area contributed by atoms with Crippen LogP contribution in [0.15, 0.2) is 58.3 Å². The summed E-state index contributed by atoms with van der Waals surface area (Å²) < 4.78 is 61.8. The average Bonchev–Trinajstić information content (AvgIpc) is 2.80. The summed E-state index contributed by atoms with van der Waals surface area (Å²) in [6, 6.07) is 13.0. The van der Waals surface area contributed by atoms with Gasteiger partial charge in [-0.3, -0.25) is 8.37 Å². The van der Waals surface area contributed by atoms with E-state index >= 15 is 0 Å². The molecule has 0 aliphatic heterocycles. The highest BCUT2D eigenvalue weighted by Gasteiger charge is 2.31. The zero-order valence-electron chi connectivity index (χ0n) is 20.3. The summed E-state index contributed by atoms with van der Waals surface area (Å²) in [7, 11) is -7.89. The topological polar surface area (TPSA) is 86.7 Å². The molecule has 0 atom stereocenters. The van der Waals surface area contributed by atoms with E-state index in [1.165, 1.54) is 30.7 Å². The van der Waals surface area contributed by atoms with Crippen LogP contribution in [0.1, 0.15) is 56.6 Å². The van der Waals surface area contributed by atoms with E-state index in [0.717, 1.165) is 43.2 Å². The summed E-state index contributed by atoms with van der Waals surface area (Å²) in [5.41, 5.74) is 1.91. The minimum Gasteiger partial charge on any atom is -0.266 e. The molecule has 2 aromatic rings. The molecule has 34 heavy (non-hydrogen) atoms. The fourth-order valence-corrected chi connectivity index (χ4v) is 6.50. The molecule has 6 nitrogen and oxygen atoms in total. The van der Waals surface area contributed by atoms with Crippen LogP contribution >= 0.6 is 0 Å². The number of rotatable bonds is 11. The first-order chi connectivity index (χ1) is 16.1. The minimum absolute atomic E-state index is 0.0942. The highest BCUT2D eigenvalue weighted by atomic mass is 32.2. The molecule has 0 radical (unpaired) electrons. The van der Waals surface area contributed by atoms with Gasteiger partial charge < -0.3 is 0 Å². The molecule has 0 spiro atoms. The van der Waals surface area contributed by atoms with Gasteiger partial charge in [0.25, 0.3) is 20.2 Å². The van der Waals surface area contributed by atoms with Crippen LogP contribution in [-0.2, 0) is 28.6 Å². The molecule has 0 unspecified atom stereocenters. The van der Waals surface area contributed by atoms with Crippen molar-refractivity contribution in [2.45, 2.75) is 69.1 Å². The van der Waals surface area contributed by atoms with E-state index in [0.29, 0.717) is 5.92 Å². The maximum absolute atomic E-state index is 12.7. The van der Waals surface area contributed by atoms with Gasteiger partial charge in [-0.2, -0.15) is 16.8 Å². The minimum atomic E-state index is -3.95. The number of aryl methyl sites for hydroxylation is 2. The lowest BCUT2D eigenvalue weighted by Crippen LogP contribution is -2.30. The molecule has 0 saturated heterocycles. The Bertz CT molecular complexity index is 1040. The van der Waals surface area contributed by atoms with E-state index < -0.39 is 20.2 Å². The number of benzene rings is 2. The largest absolute Gasteiger partial charge is 0.296 e. The van der Waals surface area contributed by atoms with Crippen LogP contribution in [0.2, 0.25) is 0 Å². The normalized spacial score (nSPS) is 19.4. The molecule has 0 N–H and O–H groups in total. The molecule has 0 amide bonds. The number of hydrogen-bond acceptors (Lipinski definition) is 6. The van der Waals surface area contributed by atoms with Crippen LogP contribution in [0.4, 0.5) is 0 Å². The second-order valence-corrected chi connectivity index (χ2v) is 12.7. The van der Waals surface area contributed by atoms with E-state index in [1.807, 2.05) is 13.8 Å². The third-order valence-corrected chi connectivity index (χ3v) is 9.34. The van der Waals surface area contributed by atoms with Gasteiger partial charge in [-0.1, -0.05) is 68.0 Å². The molecular weight excluding hydrogens is 472 g/mol. The van der Waals surface area contributed by atoms with Crippen molar-refractivity contribution in [2.24, 2.45) is 17.8 Å². The first-order valence-electron chi connectivity index (χ1n) is 12.0. The Kier molecular flexibility index (Phi) is 9.32. The van der Waals surface area contributed by atoms with Crippen molar-refractivity contribution in [2.75, 3.05) is 13.2 Å². The van der Waals surface area contributed by atoms with E-state index in [1.54, 1.807) is 24.3 Å². The Hall–Kier alpha value is -1.74. The molecule has 1 aliphatic rings. The van der Waals surface area contributed by atoms with Gasteiger partial charge in [-0.05, 0) is 62.8 Å². The first-order valence-corrected chi connectivity index (χ1v) is 14.8. The van der Waals surface area contributed by atoms with Gasteiger partial charge in [-0.25, -0.2) is 0 Å². The van der Waals surface area contributed by atoms with Crippen LogP contribution in [0, 0.1) is 31.6 Å². The third-order valence-electron chi connectivity index (χ3n) is 6.75. The Labute approximate surface area is 204 Å². The molecule has 8 heteroatoms. The molecule has 0 bridgehead atoms. The lowest BCUT2D eigenvalue weighted by Gasteiger charge is -2.33. The van der Waals surface area contributed by atoms with E-state index in [9.17, 15) is 16.8 Å². The highest BCUT2D eigenvalue weighted by molar-refractivity contribution is 7.87. The van der Waals surface area contributed by atoms with Crippen molar-refractivity contribution >= 4 is 20.2 Å². The highest BCUT2D eigenvalue weighted by Crippen LogP contribution is 2.36. The van der Waals surface area contributed by atoms with Crippen molar-refractivity contribution in [3.63, 3.8) is 0 Å². The molecule has 2 aromatic carbocycles. The van der Waals surface area contributed by atoms with Crippen molar-refractivity contribution in [1.29, 1.82) is 0 Å². The fraction of sp³-hybridized carbons (Fsp3) is 0.538. The van der Waals surface area contributed by atoms with Gasteiger partial charge in [-0.15, -0.1) is 0 Å². The second kappa shape index (κ2) is 11.8. The van der Waals surface area contributed by atoms with E-state index in [4.69, 9.17) is 8.37 Å². The maximum Gasteiger partial charge on any atom is 0.296 e. The van der Waals surface area contributed by atoms with Gasteiger partial charge >= 0.3 is 0 Å². The Morgan fingerprint density at radius 1 is 0.735 bits per heavy atom. The standard InChI is InChI=1S/C26H36O6S2/c1-4-5-22-10-12-23(13-11-22)24(18-31-33(27,28)25-14-6-20(2)7-15-25)19-32-34(29,30)26-16-8-21(3)9-17-26/h6-9,14-17,22-24H,4-5,10-13,18-19H2,1-3H3. The van der Waals surface area contributed by atoms with Crippen LogP contribution in [-0.4, -0.2) is 30.0 Å². The molecule has 188 valence electrons. The lowest BCUT2D eigenvalue weighted by molar-refractivity contribution is 0.101. The Morgan fingerprint density at radius 3 is 1.53 bits per heavy atom. The van der Waals surface area contributed by atoms with Crippen LogP contribution in [0.3, 0.4) is 0 Å². The van der Waals surface area contributed by atoms with Crippen molar-refractivity contribution in [3.8, 4) is 0 Å². The van der Waals surface area contributed by atoms with Gasteiger partial charge in [0.15, 0.2) is 0 Å². The predicted molar refractivity (Wildman–Crippen MR) is 132 cm³/mol. The summed E-state index contributed by atoms with van der Waals surface area (Å²) >= 11 is 0. The van der Waals surface area contributed by atoms with Crippen LogP contribution in [0.5, 0.6) is 0 Å². The molecule has 0 heterocycles. The monoisotopic (exact) mass is 508 g/mol. The number of hydrogen-bond donors (Lipinski definition) is 0. The van der Waals surface area contributed by atoms with Gasteiger partial charge in [0, 0.05) is 5.92 Å². The summed E-state index contributed by atoms with van der Waals surface area (Å²) in [5, 5.41) is 0. The van der Waals surface area contributed by atoms with Gasteiger partial charge in [0.1, 0.15) is 0 Å². The maximum atomic E-state index is 12.7.